The molecule has 0 aliphatic carbocycles. The fraction of sp³-hybridized carbons (Fsp3) is 0.600. The zero-order valence-corrected chi connectivity index (χ0v) is 13.6. The van der Waals surface area contributed by atoms with E-state index < -0.39 is 10.0 Å². The molecule has 1 unspecified atom stereocenters. The molecule has 0 aliphatic heterocycles. The van der Waals surface area contributed by atoms with Crippen LogP contribution in [0.4, 0.5) is 0 Å². The Morgan fingerprint density at radius 2 is 1.85 bits per heavy atom. The molecule has 5 heteroatoms. The van der Waals surface area contributed by atoms with E-state index in [0.29, 0.717) is 12.1 Å². The summed E-state index contributed by atoms with van der Waals surface area (Å²) in [6.07, 6.45) is 1.55. The second-order valence-electron chi connectivity index (χ2n) is 4.91. The number of aliphatic hydroxyl groups is 1. The van der Waals surface area contributed by atoms with Gasteiger partial charge in [-0.1, -0.05) is 26.8 Å². The van der Waals surface area contributed by atoms with Gasteiger partial charge in [-0.2, -0.15) is 4.31 Å². The van der Waals surface area contributed by atoms with E-state index in [-0.39, 0.29) is 17.5 Å². The van der Waals surface area contributed by atoms with Gasteiger partial charge >= 0.3 is 0 Å². The third kappa shape index (κ3) is 3.40. The maximum absolute atomic E-state index is 12.7. The Hall–Kier alpha value is -0.910. The molecular weight excluding hydrogens is 274 g/mol. The maximum atomic E-state index is 12.7. The molecule has 4 nitrogen and oxygen atoms in total. The van der Waals surface area contributed by atoms with E-state index in [9.17, 15) is 13.5 Å². The lowest BCUT2D eigenvalue weighted by atomic mass is 10.1. The molecule has 1 aromatic carbocycles. The van der Waals surface area contributed by atoms with Crippen molar-refractivity contribution in [2.75, 3.05) is 6.54 Å². The molecule has 114 valence electrons. The van der Waals surface area contributed by atoms with Gasteiger partial charge in [0.15, 0.2) is 0 Å². The summed E-state index contributed by atoms with van der Waals surface area (Å²) in [4.78, 5) is 0.265. The van der Waals surface area contributed by atoms with Crippen molar-refractivity contribution in [3.63, 3.8) is 0 Å². The summed E-state index contributed by atoms with van der Waals surface area (Å²) >= 11 is 0. The van der Waals surface area contributed by atoms with Gasteiger partial charge in [0.25, 0.3) is 0 Å². The summed E-state index contributed by atoms with van der Waals surface area (Å²) in [7, 11) is -3.50. The van der Waals surface area contributed by atoms with E-state index in [1.807, 2.05) is 27.7 Å². The quantitative estimate of drug-likeness (QED) is 0.842. The van der Waals surface area contributed by atoms with Crippen LogP contribution in [-0.4, -0.2) is 30.4 Å². The van der Waals surface area contributed by atoms with Gasteiger partial charge in [-0.3, -0.25) is 0 Å². The topological polar surface area (TPSA) is 57.6 Å². The molecule has 0 saturated carbocycles. The number of hydrogen-bond donors (Lipinski definition) is 1. The lowest BCUT2D eigenvalue weighted by Gasteiger charge is -2.26. The smallest absolute Gasteiger partial charge is 0.243 e. The van der Waals surface area contributed by atoms with Crippen molar-refractivity contribution in [2.45, 2.75) is 58.1 Å². The van der Waals surface area contributed by atoms with Crippen molar-refractivity contribution >= 4 is 10.0 Å². The zero-order chi connectivity index (χ0) is 15.3. The van der Waals surface area contributed by atoms with Crippen LogP contribution in [0.3, 0.4) is 0 Å². The van der Waals surface area contributed by atoms with Crippen molar-refractivity contribution < 1.29 is 13.5 Å². The lowest BCUT2D eigenvalue weighted by Crippen LogP contribution is -2.38. The van der Waals surface area contributed by atoms with Gasteiger partial charge < -0.3 is 5.11 Å². The van der Waals surface area contributed by atoms with Crippen molar-refractivity contribution in [3.8, 4) is 0 Å². The number of sulfonamides is 1. The summed E-state index contributed by atoms with van der Waals surface area (Å²) in [5.41, 5.74) is 1.67. The highest BCUT2D eigenvalue weighted by molar-refractivity contribution is 7.89. The molecule has 0 aliphatic rings. The molecule has 0 bridgehead atoms. The molecule has 1 aromatic rings. The highest BCUT2D eigenvalue weighted by Crippen LogP contribution is 2.22. The predicted molar refractivity (Wildman–Crippen MR) is 81.1 cm³/mol. The second kappa shape index (κ2) is 7.20. The monoisotopic (exact) mass is 299 g/mol. The van der Waals surface area contributed by atoms with Gasteiger partial charge in [-0.25, -0.2) is 8.42 Å². The first-order valence-corrected chi connectivity index (χ1v) is 8.60. The fourth-order valence-electron chi connectivity index (χ4n) is 2.31. The molecule has 0 aromatic heterocycles. The molecule has 1 N–H and O–H groups in total. The molecule has 20 heavy (non-hydrogen) atoms. The van der Waals surface area contributed by atoms with Crippen LogP contribution in [0.1, 0.15) is 45.2 Å². The number of hydrogen-bond acceptors (Lipinski definition) is 3. The second-order valence-corrected chi connectivity index (χ2v) is 6.80. The minimum atomic E-state index is -3.50. The summed E-state index contributed by atoms with van der Waals surface area (Å²) in [6, 6.07) is 4.99. The largest absolute Gasteiger partial charge is 0.392 e. The fourth-order valence-corrected chi connectivity index (χ4v) is 4.08. The number of rotatable bonds is 7. The summed E-state index contributed by atoms with van der Waals surface area (Å²) < 4.78 is 26.9. The minimum absolute atomic E-state index is 0.0339. The molecular formula is C15H25NO3S. The van der Waals surface area contributed by atoms with Gasteiger partial charge in [0.05, 0.1) is 11.5 Å². The summed E-state index contributed by atoms with van der Waals surface area (Å²) in [5.74, 6) is 0. The maximum Gasteiger partial charge on any atom is 0.243 e. The third-order valence-corrected chi connectivity index (χ3v) is 5.81. The van der Waals surface area contributed by atoms with Crippen LogP contribution < -0.4 is 0 Å². The third-order valence-electron chi connectivity index (χ3n) is 3.73. The van der Waals surface area contributed by atoms with E-state index in [0.717, 1.165) is 18.4 Å². The van der Waals surface area contributed by atoms with E-state index in [2.05, 4.69) is 0 Å². The molecule has 0 saturated heterocycles. The highest BCUT2D eigenvalue weighted by Gasteiger charge is 2.27. The van der Waals surface area contributed by atoms with E-state index >= 15 is 0 Å². The number of aryl methyl sites for hydroxylation is 1. The van der Waals surface area contributed by atoms with Gasteiger partial charge in [0.1, 0.15) is 0 Å². The van der Waals surface area contributed by atoms with Crippen LogP contribution in [-0.2, 0) is 23.1 Å². The molecule has 0 heterocycles. The summed E-state index contributed by atoms with van der Waals surface area (Å²) in [5, 5.41) is 9.38. The Morgan fingerprint density at radius 3 is 2.30 bits per heavy atom. The van der Waals surface area contributed by atoms with E-state index in [1.54, 1.807) is 18.2 Å². The van der Waals surface area contributed by atoms with Crippen molar-refractivity contribution in [1.29, 1.82) is 0 Å². The molecule has 1 rings (SSSR count). The SMILES string of the molecule is CCc1ccc(S(=O)(=O)N(CC)C(C)CC)cc1CO. The van der Waals surface area contributed by atoms with Crippen molar-refractivity contribution in [3.05, 3.63) is 29.3 Å². The number of benzene rings is 1. The number of aliphatic hydroxyl groups excluding tert-OH is 1. The Morgan fingerprint density at radius 1 is 1.20 bits per heavy atom. The Labute approximate surface area is 122 Å². The highest BCUT2D eigenvalue weighted by atomic mass is 32.2. The van der Waals surface area contributed by atoms with Crippen molar-refractivity contribution in [2.24, 2.45) is 0 Å². The Balaban J connectivity index is 3.27. The van der Waals surface area contributed by atoms with Gasteiger partial charge in [-0.05, 0) is 43.0 Å². The first-order valence-electron chi connectivity index (χ1n) is 7.16. The zero-order valence-electron chi connectivity index (χ0n) is 12.8. The molecule has 0 radical (unpaired) electrons. The van der Waals surface area contributed by atoms with E-state index in [1.165, 1.54) is 4.31 Å². The number of nitrogens with zero attached hydrogens (tertiary/aromatic N) is 1. The van der Waals surface area contributed by atoms with Crippen LogP contribution in [0.25, 0.3) is 0 Å². The average molecular weight is 299 g/mol. The van der Waals surface area contributed by atoms with Crippen LogP contribution in [0, 0.1) is 0 Å². The van der Waals surface area contributed by atoms with Gasteiger partial charge in [0.2, 0.25) is 10.0 Å². The van der Waals surface area contributed by atoms with Gasteiger partial charge in [-0.15, -0.1) is 0 Å². The van der Waals surface area contributed by atoms with Crippen LogP contribution >= 0.6 is 0 Å². The minimum Gasteiger partial charge on any atom is -0.392 e. The standard InChI is InChI=1S/C15H25NO3S/c1-5-12(4)16(7-3)20(18,19)15-9-8-13(6-2)14(10-15)11-17/h8-10,12,17H,5-7,11H2,1-4H3. The van der Waals surface area contributed by atoms with Crippen LogP contribution in [0.15, 0.2) is 23.1 Å². The van der Waals surface area contributed by atoms with Crippen molar-refractivity contribution in [1.82, 2.24) is 4.31 Å². The summed E-state index contributed by atoms with van der Waals surface area (Å²) in [6.45, 7) is 8.02. The first kappa shape index (κ1) is 17.1. The molecule has 0 amide bonds. The first-order chi connectivity index (χ1) is 9.42. The van der Waals surface area contributed by atoms with Crippen LogP contribution in [0.5, 0.6) is 0 Å². The average Bonchev–Trinajstić information content (AvgIpc) is 2.46. The normalized spacial score (nSPS) is 13.7. The van der Waals surface area contributed by atoms with Crippen LogP contribution in [0.2, 0.25) is 0 Å². The molecule has 0 fully saturated rings. The lowest BCUT2D eigenvalue weighted by molar-refractivity contribution is 0.280. The molecule has 0 spiro atoms. The Bertz CT molecular complexity index is 540. The van der Waals surface area contributed by atoms with Gasteiger partial charge in [0, 0.05) is 12.6 Å². The molecule has 1 atom stereocenters. The Kier molecular flexibility index (Phi) is 6.17. The predicted octanol–water partition coefficient (Wildman–Crippen LogP) is 2.55. The van der Waals surface area contributed by atoms with E-state index in [4.69, 9.17) is 0 Å².